The zero-order valence-electron chi connectivity index (χ0n) is 15.3. The van der Waals surface area contributed by atoms with Gasteiger partial charge < -0.3 is 10.1 Å². The van der Waals surface area contributed by atoms with Crippen LogP contribution in [0.3, 0.4) is 0 Å². The first-order valence-electron chi connectivity index (χ1n) is 9.01. The Bertz CT molecular complexity index is 740. The number of ether oxygens (including phenoxy) is 1. The molecule has 0 radical (unpaired) electrons. The molecule has 1 fully saturated rings. The highest BCUT2D eigenvalue weighted by Crippen LogP contribution is 2.43. The molecule has 5 heteroatoms. The summed E-state index contributed by atoms with van der Waals surface area (Å²) in [7, 11) is 0. The topological polar surface area (TPSA) is 38.3 Å². The Labute approximate surface area is 164 Å². The van der Waals surface area contributed by atoms with Crippen LogP contribution in [-0.4, -0.2) is 24.0 Å². The number of para-hydroxylation sites is 1. The number of hydrogen-bond donors (Lipinski definition) is 1. The summed E-state index contributed by atoms with van der Waals surface area (Å²) in [5.74, 6) is 3.07. The molecule has 0 saturated carbocycles. The first kappa shape index (κ1) is 19.2. The fraction of sp³-hybridized carbons (Fsp3) is 0.381. The van der Waals surface area contributed by atoms with Crippen molar-refractivity contribution in [1.82, 2.24) is 0 Å². The van der Waals surface area contributed by atoms with Crippen molar-refractivity contribution in [2.24, 2.45) is 0 Å². The van der Waals surface area contributed by atoms with Crippen LogP contribution >= 0.6 is 23.5 Å². The molecule has 2 aromatic carbocycles. The van der Waals surface area contributed by atoms with Gasteiger partial charge in [0.25, 0.3) is 5.91 Å². The number of aryl methyl sites for hydroxylation is 2. The SMILES string of the molecule is CCc1cccc(C)c1NC(=O)COc1ccc(C2SCCCS2)cc1. The van der Waals surface area contributed by atoms with Gasteiger partial charge >= 0.3 is 0 Å². The Morgan fingerprint density at radius 1 is 1.15 bits per heavy atom. The molecule has 1 aliphatic heterocycles. The van der Waals surface area contributed by atoms with Crippen molar-refractivity contribution in [3.05, 3.63) is 59.2 Å². The van der Waals surface area contributed by atoms with Crippen LogP contribution in [0.2, 0.25) is 0 Å². The fourth-order valence-corrected chi connectivity index (χ4v) is 5.82. The summed E-state index contributed by atoms with van der Waals surface area (Å²) in [5.41, 5.74) is 4.45. The zero-order valence-corrected chi connectivity index (χ0v) is 16.9. The van der Waals surface area contributed by atoms with E-state index in [4.69, 9.17) is 4.74 Å². The van der Waals surface area contributed by atoms with Crippen LogP contribution in [0.15, 0.2) is 42.5 Å². The molecule has 0 spiro atoms. The molecule has 3 rings (SSSR count). The van der Waals surface area contributed by atoms with Crippen LogP contribution in [-0.2, 0) is 11.2 Å². The van der Waals surface area contributed by atoms with E-state index in [0.29, 0.717) is 4.58 Å². The highest BCUT2D eigenvalue weighted by atomic mass is 32.2. The van der Waals surface area contributed by atoms with Gasteiger partial charge in [-0.25, -0.2) is 0 Å². The minimum absolute atomic E-state index is 0.0176. The van der Waals surface area contributed by atoms with E-state index in [0.717, 1.165) is 29.0 Å². The summed E-state index contributed by atoms with van der Waals surface area (Å²) in [6, 6.07) is 14.2. The number of carbonyl (C=O) groups is 1. The normalized spacial score (nSPS) is 14.8. The number of hydrogen-bond acceptors (Lipinski definition) is 4. The molecule has 0 aromatic heterocycles. The van der Waals surface area contributed by atoms with Gasteiger partial charge in [0.2, 0.25) is 0 Å². The smallest absolute Gasteiger partial charge is 0.262 e. The number of amides is 1. The molecule has 138 valence electrons. The van der Waals surface area contributed by atoms with Gasteiger partial charge in [0.05, 0.1) is 4.58 Å². The molecule has 0 bridgehead atoms. The van der Waals surface area contributed by atoms with E-state index in [1.807, 2.05) is 60.8 Å². The summed E-state index contributed by atoms with van der Waals surface area (Å²) < 4.78 is 6.19. The largest absolute Gasteiger partial charge is 0.484 e. The van der Waals surface area contributed by atoms with Gasteiger partial charge in [0.15, 0.2) is 6.61 Å². The fourth-order valence-electron chi connectivity index (χ4n) is 2.93. The average Bonchev–Trinajstić information content (AvgIpc) is 2.69. The minimum Gasteiger partial charge on any atom is -0.484 e. The molecule has 3 nitrogen and oxygen atoms in total. The van der Waals surface area contributed by atoms with E-state index >= 15 is 0 Å². The predicted molar refractivity (Wildman–Crippen MR) is 113 cm³/mol. The monoisotopic (exact) mass is 387 g/mol. The molecule has 0 aliphatic carbocycles. The Hall–Kier alpha value is -1.59. The number of carbonyl (C=O) groups excluding carboxylic acids is 1. The second-order valence-electron chi connectivity index (χ2n) is 6.30. The van der Waals surface area contributed by atoms with E-state index < -0.39 is 0 Å². The van der Waals surface area contributed by atoms with E-state index in [-0.39, 0.29) is 12.5 Å². The minimum atomic E-state index is -0.128. The van der Waals surface area contributed by atoms with Crippen LogP contribution in [0.5, 0.6) is 5.75 Å². The third-order valence-corrected chi connectivity index (χ3v) is 7.37. The summed E-state index contributed by atoms with van der Waals surface area (Å²) >= 11 is 4.01. The van der Waals surface area contributed by atoms with E-state index in [9.17, 15) is 4.79 Å². The lowest BCUT2D eigenvalue weighted by Gasteiger charge is -2.21. The maximum atomic E-state index is 12.3. The Balaban J connectivity index is 1.55. The van der Waals surface area contributed by atoms with Gasteiger partial charge in [0.1, 0.15) is 5.75 Å². The highest BCUT2D eigenvalue weighted by molar-refractivity contribution is 8.16. The zero-order chi connectivity index (χ0) is 18.4. The van der Waals surface area contributed by atoms with Crippen LogP contribution in [0.4, 0.5) is 5.69 Å². The standard InChI is InChI=1S/C21H25NO2S2/c1-3-16-7-4-6-15(2)20(16)22-19(23)14-24-18-10-8-17(9-11-18)21-25-12-5-13-26-21/h4,6-11,21H,3,5,12-14H2,1-2H3,(H,22,23). The van der Waals surface area contributed by atoms with Gasteiger partial charge in [-0.3, -0.25) is 4.79 Å². The Kier molecular flexibility index (Phi) is 6.92. The maximum absolute atomic E-state index is 12.3. The third kappa shape index (κ3) is 4.98. The quantitative estimate of drug-likeness (QED) is 0.716. The first-order valence-corrected chi connectivity index (χ1v) is 11.1. The number of rotatable bonds is 6. The Morgan fingerprint density at radius 2 is 1.88 bits per heavy atom. The second kappa shape index (κ2) is 9.38. The lowest BCUT2D eigenvalue weighted by molar-refractivity contribution is -0.118. The van der Waals surface area contributed by atoms with Gasteiger partial charge in [-0.05, 0) is 60.1 Å². The molecule has 1 amide bonds. The second-order valence-corrected chi connectivity index (χ2v) is 9.02. The molecule has 1 heterocycles. The summed E-state index contributed by atoms with van der Waals surface area (Å²) in [4.78, 5) is 12.3. The predicted octanol–water partition coefficient (Wildman–Crippen LogP) is 5.44. The molecule has 1 saturated heterocycles. The molecule has 0 unspecified atom stereocenters. The van der Waals surface area contributed by atoms with Gasteiger partial charge in [-0.2, -0.15) is 0 Å². The van der Waals surface area contributed by atoms with Crippen molar-refractivity contribution in [2.75, 3.05) is 23.4 Å². The van der Waals surface area contributed by atoms with Gasteiger partial charge in [-0.1, -0.05) is 37.3 Å². The van der Waals surface area contributed by atoms with Crippen LogP contribution in [0.25, 0.3) is 0 Å². The van der Waals surface area contributed by atoms with Crippen molar-refractivity contribution >= 4 is 35.1 Å². The molecule has 1 N–H and O–H groups in total. The molecule has 26 heavy (non-hydrogen) atoms. The number of nitrogens with one attached hydrogen (secondary N) is 1. The van der Waals surface area contributed by atoms with E-state index in [1.165, 1.54) is 23.5 Å². The summed E-state index contributed by atoms with van der Waals surface area (Å²) in [5, 5.41) is 2.99. The lowest BCUT2D eigenvalue weighted by atomic mass is 10.1. The number of thioether (sulfide) groups is 2. The first-order chi connectivity index (χ1) is 12.7. The van der Waals surface area contributed by atoms with E-state index in [2.05, 4.69) is 24.4 Å². The molecule has 2 aromatic rings. The van der Waals surface area contributed by atoms with E-state index in [1.54, 1.807) is 0 Å². The summed E-state index contributed by atoms with van der Waals surface area (Å²) in [6.07, 6.45) is 2.18. The molecule has 0 atom stereocenters. The van der Waals surface area contributed by atoms with Crippen LogP contribution in [0, 0.1) is 6.92 Å². The number of benzene rings is 2. The van der Waals surface area contributed by atoms with Crippen LogP contribution in [0.1, 0.15) is 34.6 Å². The van der Waals surface area contributed by atoms with Crippen molar-refractivity contribution in [1.29, 1.82) is 0 Å². The van der Waals surface area contributed by atoms with Crippen LogP contribution < -0.4 is 10.1 Å². The maximum Gasteiger partial charge on any atom is 0.262 e. The average molecular weight is 388 g/mol. The Morgan fingerprint density at radius 3 is 2.58 bits per heavy atom. The molecule has 1 aliphatic rings. The lowest BCUT2D eigenvalue weighted by Crippen LogP contribution is -2.21. The van der Waals surface area contributed by atoms with Gasteiger partial charge in [0, 0.05) is 5.69 Å². The highest BCUT2D eigenvalue weighted by Gasteiger charge is 2.16. The third-order valence-electron chi connectivity index (χ3n) is 4.35. The van der Waals surface area contributed by atoms with Gasteiger partial charge in [-0.15, -0.1) is 23.5 Å². The molecular formula is C21H25NO2S2. The van der Waals surface area contributed by atoms with Crippen molar-refractivity contribution in [2.45, 2.75) is 31.3 Å². The number of anilines is 1. The summed E-state index contributed by atoms with van der Waals surface area (Å²) in [6.45, 7) is 4.12. The van der Waals surface area contributed by atoms with Crippen molar-refractivity contribution < 1.29 is 9.53 Å². The van der Waals surface area contributed by atoms with Crippen molar-refractivity contribution in [3.8, 4) is 5.75 Å². The molecular weight excluding hydrogens is 362 g/mol. The van der Waals surface area contributed by atoms with Crippen molar-refractivity contribution in [3.63, 3.8) is 0 Å².